The van der Waals surface area contributed by atoms with E-state index in [2.05, 4.69) is 0 Å². The third-order valence-corrected chi connectivity index (χ3v) is 8.50. The number of hydrogen-bond acceptors (Lipinski definition) is 4. The van der Waals surface area contributed by atoms with Crippen LogP contribution >= 0.6 is 0 Å². The fourth-order valence-corrected chi connectivity index (χ4v) is 6.29. The molecule has 4 rings (SSSR count). The Morgan fingerprint density at radius 1 is 1.03 bits per heavy atom. The van der Waals surface area contributed by atoms with E-state index in [1.54, 1.807) is 6.07 Å². The van der Waals surface area contributed by atoms with Crippen LogP contribution in [0.4, 0.5) is 23.2 Å². The molecule has 1 atom stereocenters. The van der Waals surface area contributed by atoms with Crippen molar-refractivity contribution in [2.24, 2.45) is 0 Å². The maximum absolute atomic E-state index is 13.5. The molecule has 0 radical (unpaired) electrons. The number of aryl methyl sites for hydroxylation is 1. The molecule has 0 aromatic heterocycles. The minimum Gasteiger partial charge on any atom is -0.300 e. The minimum absolute atomic E-state index is 0.0287. The summed E-state index contributed by atoms with van der Waals surface area (Å²) in [5, 5.41) is 0. The zero-order valence-corrected chi connectivity index (χ0v) is 21.1. The highest BCUT2D eigenvalue weighted by Crippen LogP contribution is 2.35. The molecule has 3 aromatic rings. The van der Waals surface area contributed by atoms with Gasteiger partial charge in [-0.1, -0.05) is 18.2 Å². The van der Waals surface area contributed by atoms with Crippen molar-refractivity contribution in [1.29, 1.82) is 0 Å². The number of ketones is 1. The average molecular weight is 548 g/mol. The van der Waals surface area contributed by atoms with Crippen LogP contribution in [0.5, 0.6) is 0 Å². The third kappa shape index (κ3) is 6.12. The highest BCUT2D eigenvalue weighted by atomic mass is 32.2. The molecule has 0 amide bonds. The van der Waals surface area contributed by atoms with Gasteiger partial charge in [0.1, 0.15) is 17.9 Å². The quantitative estimate of drug-likeness (QED) is 0.232. The van der Waals surface area contributed by atoms with Crippen LogP contribution in [-0.2, 0) is 27.4 Å². The van der Waals surface area contributed by atoms with E-state index in [1.807, 2.05) is 12.1 Å². The van der Waals surface area contributed by atoms with Gasteiger partial charge in [0.2, 0.25) is 0 Å². The maximum atomic E-state index is 13.5. The van der Waals surface area contributed by atoms with Crippen molar-refractivity contribution in [1.82, 2.24) is 0 Å². The van der Waals surface area contributed by atoms with Crippen LogP contribution in [0.1, 0.15) is 58.6 Å². The van der Waals surface area contributed by atoms with Crippen molar-refractivity contribution in [3.8, 4) is 0 Å². The fraction of sp³-hybridized carbons (Fsp3) is 0.286. The van der Waals surface area contributed by atoms with Crippen molar-refractivity contribution >= 4 is 27.8 Å². The second-order valence-electron chi connectivity index (χ2n) is 9.24. The zero-order valence-electron chi connectivity index (χ0n) is 20.2. The van der Waals surface area contributed by atoms with Gasteiger partial charge < -0.3 is 0 Å². The van der Waals surface area contributed by atoms with Gasteiger partial charge in [-0.3, -0.25) is 13.9 Å². The molecule has 0 fully saturated rings. The van der Waals surface area contributed by atoms with Crippen LogP contribution in [0.2, 0.25) is 0 Å². The molecule has 0 N–H and O–H groups in total. The van der Waals surface area contributed by atoms with E-state index in [0.717, 1.165) is 71.3 Å². The summed E-state index contributed by atoms with van der Waals surface area (Å²) in [4.78, 5) is 23.5. The monoisotopic (exact) mass is 547 g/mol. The van der Waals surface area contributed by atoms with E-state index in [0.29, 0.717) is 11.6 Å². The Kier molecular flexibility index (Phi) is 8.01. The molecular formula is C28H25F4NO4S. The van der Waals surface area contributed by atoms with Gasteiger partial charge in [-0.05, 0) is 84.8 Å². The Balaban J connectivity index is 1.56. The predicted molar refractivity (Wildman–Crippen MR) is 134 cm³/mol. The van der Waals surface area contributed by atoms with E-state index in [9.17, 15) is 35.6 Å². The first-order valence-electron chi connectivity index (χ1n) is 12.0. The van der Waals surface area contributed by atoms with Gasteiger partial charge in [-0.2, -0.15) is 13.2 Å². The van der Waals surface area contributed by atoms with Crippen molar-refractivity contribution < 1.29 is 35.6 Å². The van der Waals surface area contributed by atoms with Crippen molar-refractivity contribution in [2.45, 2.75) is 49.1 Å². The smallest absolute Gasteiger partial charge is 0.300 e. The molecule has 3 aromatic carbocycles. The highest BCUT2D eigenvalue weighted by molar-refractivity contribution is 7.92. The second-order valence-corrected chi connectivity index (χ2v) is 11.1. The second kappa shape index (κ2) is 11.1. The van der Waals surface area contributed by atoms with Crippen molar-refractivity contribution in [3.05, 3.63) is 94.8 Å². The molecule has 0 saturated heterocycles. The largest absolute Gasteiger partial charge is 0.416 e. The molecule has 200 valence electrons. The Labute approximate surface area is 218 Å². The van der Waals surface area contributed by atoms with E-state index in [1.165, 1.54) is 12.1 Å². The van der Waals surface area contributed by atoms with Crippen LogP contribution in [0.15, 0.2) is 71.6 Å². The number of rotatable bonds is 9. The predicted octanol–water partition coefficient (Wildman–Crippen LogP) is 6.32. The molecule has 0 aliphatic heterocycles. The summed E-state index contributed by atoms with van der Waals surface area (Å²) in [7, 11) is -4.51. The van der Waals surface area contributed by atoms with Crippen LogP contribution in [-0.4, -0.2) is 27.0 Å². The number of benzene rings is 3. The number of halogens is 4. The first-order chi connectivity index (χ1) is 18.0. The standard InChI is InChI=1S/C28H25F4NO4S/c29-23-8-10-24(11-9-23)33(38(36,37)26-6-2-5-22(17-26)28(30,31)32)14-13-25(35)16-21-4-1-3-20-15-19(18-34)7-12-27(20)21/h2,5-12,15,17-18,21H,1,3-4,13-14,16H2. The number of aldehydes is 1. The van der Waals surface area contributed by atoms with Gasteiger partial charge in [0.25, 0.3) is 10.0 Å². The van der Waals surface area contributed by atoms with E-state index < -0.39 is 32.5 Å². The molecule has 38 heavy (non-hydrogen) atoms. The molecule has 5 nitrogen and oxygen atoms in total. The normalized spacial score (nSPS) is 15.5. The first-order valence-corrected chi connectivity index (χ1v) is 13.5. The number of fused-ring (bicyclic) bond motifs is 1. The number of Topliss-reactive ketones (excluding diaryl/α,β-unsaturated/α-hetero) is 1. The maximum Gasteiger partial charge on any atom is 0.416 e. The van der Waals surface area contributed by atoms with Crippen LogP contribution in [0, 0.1) is 5.82 Å². The Morgan fingerprint density at radius 2 is 1.76 bits per heavy atom. The van der Waals surface area contributed by atoms with Crippen LogP contribution < -0.4 is 4.31 Å². The lowest BCUT2D eigenvalue weighted by Gasteiger charge is -2.27. The van der Waals surface area contributed by atoms with E-state index in [4.69, 9.17) is 0 Å². The van der Waals surface area contributed by atoms with Gasteiger partial charge in [-0.25, -0.2) is 12.8 Å². The molecule has 10 heteroatoms. The number of alkyl halides is 3. The summed E-state index contributed by atoms with van der Waals surface area (Å²) in [6.07, 6.45) is -1.59. The summed E-state index contributed by atoms with van der Waals surface area (Å²) in [6.45, 7) is -0.327. The SMILES string of the molecule is O=Cc1ccc2c(c1)CCCC2CC(=O)CCN(c1ccc(F)cc1)S(=O)(=O)c1cccc(C(F)(F)F)c1. The first kappa shape index (κ1) is 27.5. The summed E-state index contributed by atoms with van der Waals surface area (Å²) >= 11 is 0. The number of anilines is 1. The number of nitrogens with zero attached hydrogens (tertiary/aromatic N) is 1. The molecule has 1 unspecified atom stereocenters. The van der Waals surface area contributed by atoms with E-state index >= 15 is 0 Å². The molecule has 1 aliphatic rings. The lowest BCUT2D eigenvalue weighted by Crippen LogP contribution is -2.33. The van der Waals surface area contributed by atoms with Crippen LogP contribution in [0.3, 0.4) is 0 Å². The van der Waals surface area contributed by atoms with Gasteiger partial charge in [-0.15, -0.1) is 0 Å². The summed E-state index contributed by atoms with van der Waals surface area (Å²) in [5.41, 5.74) is 1.47. The Hall–Kier alpha value is -3.53. The third-order valence-electron chi connectivity index (χ3n) is 6.67. The molecular weight excluding hydrogens is 522 g/mol. The minimum atomic E-state index is -4.75. The lowest BCUT2D eigenvalue weighted by molar-refractivity contribution is -0.137. The average Bonchev–Trinajstić information content (AvgIpc) is 2.89. The zero-order chi connectivity index (χ0) is 27.5. The Bertz CT molecular complexity index is 1440. The van der Waals surface area contributed by atoms with Gasteiger partial charge >= 0.3 is 6.18 Å². The molecule has 0 heterocycles. The van der Waals surface area contributed by atoms with Gasteiger partial charge in [0.05, 0.1) is 16.1 Å². The lowest BCUT2D eigenvalue weighted by atomic mass is 9.79. The fourth-order valence-electron chi connectivity index (χ4n) is 4.78. The van der Waals surface area contributed by atoms with Gasteiger partial charge in [0, 0.05) is 24.9 Å². The molecule has 0 spiro atoms. The number of sulfonamides is 1. The number of carbonyl (C=O) groups is 2. The number of carbonyl (C=O) groups excluding carboxylic acids is 2. The molecule has 0 saturated carbocycles. The molecule has 0 bridgehead atoms. The van der Waals surface area contributed by atoms with Crippen molar-refractivity contribution in [2.75, 3.05) is 10.8 Å². The Morgan fingerprint density at radius 3 is 2.45 bits per heavy atom. The topological polar surface area (TPSA) is 71.5 Å². The number of hydrogen-bond donors (Lipinski definition) is 0. The van der Waals surface area contributed by atoms with Crippen LogP contribution in [0.25, 0.3) is 0 Å². The summed E-state index contributed by atoms with van der Waals surface area (Å²) in [6, 6.07) is 13.2. The summed E-state index contributed by atoms with van der Waals surface area (Å²) in [5.74, 6) is -0.907. The van der Waals surface area contributed by atoms with Gasteiger partial charge in [0.15, 0.2) is 0 Å². The van der Waals surface area contributed by atoms with E-state index in [-0.39, 0.29) is 36.8 Å². The summed E-state index contributed by atoms with van der Waals surface area (Å²) < 4.78 is 81.0. The highest BCUT2D eigenvalue weighted by Gasteiger charge is 2.33. The molecule has 1 aliphatic carbocycles. The van der Waals surface area contributed by atoms with Crippen molar-refractivity contribution in [3.63, 3.8) is 0 Å².